The SMILES string of the molecule is CN(C)C=CC1=C(C(=O)OC(c2ccccc2)c2ccccc2)N2C(=O)C(NC(=O)c3ccccc3)C2SC1. The maximum atomic E-state index is 13.9. The summed E-state index contributed by atoms with van der Waals surface area (Å²) < 4.78 is 6.15. The summed E-state index contributed by atoms with van der Waals surface area (Å²) in [5.41, 5.74) is 3.03. The van der Waals surface area contributed by atoms with Crippen LogP contribution in [0.4, 0.5) is 0 Å². The first kappa shape index (κ1) is 26.3. The summed E-state index contributed by atoms with van der Waals surface area (Å²) in [6.45, 7) is 0. The van der Waals surface area contributed by atoms with Crippen LogP contribution < -0.4 is 5.32 Å². The van der Waals surface area contributed by atoms with E-state index >= 15 is 0 Å². The predicted octanol–water partition coefficient (Wildman–Crippen LogP) is 4.36. The lowest BCUT2D eigenvalue weighted by Crippen LogP contribution is -2.70. The van der Waals surface area contributed by atoms with Gasteiger partial charge in [0.05, 0.1) is 0 Å². The second kappa shape index (κ2) is 11.6. The Morgan fingerprint density at radius 1 is 0.949 bits per heavy atom. The summed E-state index contributed by atoms with van der Waals surface area (Å²) in [5.74, 6) is -0.760. The van der Waals surface area contributed by atoms with Gasteiger partial charge in [0.25, 0.3) is 11.8 Å². The maximum absolute atomic E-state index is 13.9. The molecule has 7 nitrogen and oxygen atoms in total. The van der Waals surface area contributed by atoms with Crippen molar-refractivity contribution in [1.29, 1.82) is 0 Å². The molecule has 2 amide bonds. The van der Waals surface area contributed by atoms with Gasteiger partial charge < -0.3 is 15.0 Å². The van der Waals surface area contributed by atoms with Crippen LogP contribution in [0, 0.1) is 0 Å². The van der Waals surface area contributed by atoms with Crippen LogP contribution in [0.15, 0.2) is 115 Å². The van der Waals surface area contributed by atoms with Crippen molar-refractivity contribution >= 4 is 29.5 Å². The van der Waals surface area contributed by atoms with E-state index in [0.717, 1.165) is 11.1 Å². The fraction of sp³-hybridized carbons (Fsp3) is 0.194. The zero-order chi connectivity index (χ0) is 27.4. The number of rotatable bonds is 8. The third-order valence-electron chi connectivity index (χ3n) is 6.52. The van der Waals surface area contributed by atoms with E-state index in [1.54, 1.807) is 24.3 Å². The zero-order valence-electron chi connectivity index (χ0n) is 21.7. The van der Waals surface area contributed by atoms with Crippen molar-refractivity contribution < 1.29 is 19.1 Å². The van der Waals surface area contributed by atoms with E-state index in [1.807, 2.05) is 98.0 Å². The van der Waals surface area contributed by atoms with E-state index in [2.05, 4.69) is 5.32 Å². The van der Waals surface area contributed by atoms with Crippen LogP contribution in [-0.4, -0.2) is 58.8 Å². The normalized spacial score (nSPS) is 18.5. The molecule has 2 aliphatic heterocycles. The first-order chi connectivity index (χ1) is 18.9. The van der Waals surface area contributed by atoms with Crippen LogP contribution in [0.3, 0.4) is 0 Å². The van der Waals surface area contributed by atoms with Crippen molar-refractivity contribution in [2.45, 2.75) is 17.5 Å². The molecule has 0 aromatic heterocycles. The molecule has 39 heavy (non-hydrogen) atoms. The number of hydrogen-bond donors (Lipinski definition) is 1. The van der Waals surface area contributed by atoms with Gasteiger partial charge in [-0.05, 0) is 41.1 Å². The topological polar surface area (TPSA) is 79.0 Å². The molecule has 3 aromatic rings. The van der Waals surface area contributed by atoms with E-state index in [9.17, 15) is 14.4 Å². The molecule has 1 fully saturated rings. The average Bonchev–Trinajstić information content (AvgIpc) is 2.98. The Balaban J connectivity index is 1.44. The van der Waals surface area contributed by atoms with Crippen LogP contribution in [-0.2, 0) is 14.3 Å². The molecule has 5 rings (SSSR count). The molecule has 0 spiro atoms. The van der Waals surface area contributed by atoms with Crippen molar-refractivity contribution in [2.75, 3.05) is 19.8 Å². The van der Waals surface area contributed by atoms with Gasteiger partial charge >= 0.3 is 5.97 Å². The van der Waals surface area contributed by atoms with Crippen molar-refractivity contribution in [3.8, 4) is 0 Å². The number of amides is 2. The molecule has 2 atom stereocenters. The van der Waals surface area contributed by atoms with Crippen LogP contribution in [0.25, 0.3) is 0 Å². The first-order valence-corrected chi connectivity index (χ1v) is 13.7. The molecule has 0 aliphatic carbocycles. The summed E-state index contributed by atoms with van der Waals surface area (Å²) in [6.07, 6.45) is 3.03. The molecule has 1 N–H and O–H groups in total. The second-order valence-electron chi connectivity index (χ2n) is 9.49. The van der Waals surface area contributed by atoms with E-state index in [0.29, 0.717) is 16.9 Å². The lowest BCUT2D eigenvalue weighted by Gasteiger charge is -2.49. The van der Waals surface area contributed by atoms with Crippen molar-refractivity contribution in [1.82, 2.24) is 15.1 Å². The highest BCUT2D eigenvalue weighted by Crippen LogP contribution is 2.42. The largest absolute Gasteiger partial charge is 0.448 e. The van der Waals surface area contributed by atoms with Gasteiger partial charge in [-0.15, -0.1) is 11.8 Å². The number of nitrogens with zero attached hydrogens (tertiary/aromatic N) is 2. The van der Waals surface area contributed by atoms with E-state index in [4.69, 9.17) is 4.74 Å². The first-order valence-electron chi connectivity index (χ1n) is 12.6. The number of β-lactam (4-membered cyclic amide) rings is 1. The molecule has 0 saturated carbocycles. The fourth-order valence-electron chi connectivity index (χ4n) is 4.56. The minimum Gasteiger partial charge on any atom is -0.448 e. The number of nitrogens with one attached hydrogen (secondary N) is 1. The summed E-state index contributed by atoms with van der Waals surface area (Å²) in [7, 11) is 3.77. The summed E-state index contributed by atoms with van der Waals surface area (Å²) in [4.78, 5) is 43.4. The number of esters is 1. The van der Waals surface area contributed by atoms with Gasteiger partial charge in [0.1, 0.15) is 17.1 Å². The lowest BCUT2D eigenvalue weighted by molar-refractivity contribution is -0.153. The molecule has 2 heterocycles. The van der Waals surface area contributed by atoms with Gasteiger partial charge in [-0.2, -0.15) is 0 Å². The van der Waals surface area contributed by atoms with Gasteiger partial charge in [0, 0.05) is 25.4 Å². The monoisotopic (exact) mass is 539 g/mol. The Kier molecular flexibility index (Phi) is 7.84. The molecular weight excluding hydrogens is 510 g/mol. The zero-order valence-corrected chi connectivity index (χ0v) is 22.5. The average molecular weight is 540 g/mol. The minimum atomic E-state index is -0.732. The molecule has 0 radical (unpaired) electrons. The lowest BCUT2D eigenvalue weighted by atomic mass is 10.0. The molecule has 2 unspecified atom stereocenters. The van der Waals surface area contributed by atoms with Crippen LogP contribution in [0.1, 0.15) is 27.6 Å². The fourth-order valence-corrected chi connectivity index (χ4v) is 5.88. The summed E-state index contributed by atoms with van der Waals surface area (Å²) in [5, 5.41) is 2.44. The third-order valence-corrected chi connectivity index (χ3v) is 7.82. The van der Waals surface area contributed by atoms with Gasteiger partial charge in [-0.1, -0.05) is 78.9 Å². The van der Waals surface area contributed by atoms with Crippen LogP contribution >= 0.6 is 11.8 Å². The molecule has 8 heteroatoms. The van der Waals surface area contributed by atoms with Crippen molar-refractivity contribution in [2.24, 2.45) is 0 Å². The van der Waals surface area contributed by atoms with Gasteiger partial charge in [-0.3, -0.25) is 14.5 Å². The third kappa shape index (κ3) is 5.61. The number of benzene rings is 3. The highest BCUT2D eigenvalue weighted by atomic mass is 32.2. The molecule has 1 saturated heterocycles. The van der Waals surface area contributed by atoms with Crippen LogP contribution in [0.2, 0.25) is 0 Å². The number of hydrogen-bond acceptors (Lipinski definition) is 6. The standard InChI is InChI=1S/C31H29N3O4S/c1-33(2)19-18-24-20-39-30-25(32-28(35)23-16-10-5-11-17-23)29(36)34(30)26(24)31(37)38-27(21-12-6-3-7-13-21)22-14-8-4-9-15-22/h3-19,25,27,30H,20H2,1-2H3,(H,32,35). The molecule has 2 aliphatic rings. The Hall–Kier alpha value is -4.30. The molecule has 3 aromatic carbocycles. The van der Waals surface area contributed by atoms with Gasteiger partial charge in [-0.25, -0.2) is 4.79 Å². The molecule has 198 valence electrons. The number of thioether (sulfide) groups is 1. The highest BCUT2D eigenvalue weighted by molar-refractivity contribution is 8.00. The quantitative estimate of drug-likeness (QED) is 0.339. The van der Waals surface area contributed by atoms with E-state index in [1.165, 1.54) is 16.7 Å². The Morgan fingerprint density at radius 3 is 2.08 bits per heavy atom. The Bertz CT molecular complexity index is 1370. The Labute approximate surface area is 232 Å². The van der Waals surface area contributed by atoms with Crippen molar-refractivity contribution in [3.05, 3.63) is 131 Å². The highest BCUT2D eigenvalue weighted by Gasteiger charge is 2.54. The van der Waals surface area contributed by atoms with Crippen molar-refractivity contribution in [3.63, 3.8) is 0 Å². The maximum Gasteiger partial charge on any atom is 0.356 e. The van der Waals surface area contributed by atoms with E-state index < -0.39 is 23.5 Å². The molecular formula is C31H29N3O4S. The van der Waals surface area contributed by atoms with E-state index in [-0.39, 0.29) is 17.5 Å². The second-order valence-corrected chi connectivity index (χ2v) is 10.6. The smallest absolute Gasteiger partial charge is 0.356 e. The van der Waals surface area contributed by atoms with Gasteiger partial charge in [0.2, 0.25) is 0 Å². The number of carbonyl (C=O) groups is 3. The summed E-state index contributed by atoms with van der Waals surface area (Å²) >= 11 is 1.51. The number of ether oxygens (including phenoxy) is 1. The van der Waals surface area contributed by atoms with Gasteiger partial charge in [0.15, 0.2) is 6.10 Å². The minimum absolute atomic E-state index is 0.212. The number of allylic oxidation sites excluding steroid dienone is 1. The van der Waals surface area contributed by atoms with Crippen LogP contribution in [0.5, 0.6) is 0 Å². The molecule has 0 bridgehead atoms. The summed E-state index contributed by atoms with van der Waals surface area (Å²) in [6, 6.07) is 27.1. The number of carbonyl (C=O) groups excluding carboxylic acids is 3. The Morgan fingerprint density at radius 2 is 1.51 bits per heavy atom. The predicted molar refractivity (Wildman–Crippen MR) is 151 cm³/mol. The number of fused-ring (bicyclic) bond motifs is 1.